The third-order valence-corrected chi connectivity index (χ3v) is 4.88. The van der Waals surface area contributed by atoms with Crippen molar-refractivity contribution in [3.8, 4) is 0 Å². The highest BCUT2D eigenvalue weighted by Crippen LogP contribution is 2.33. The van der Waals surface area contributed by atoms with Gasteiger partial charge in [0, 0.05) is 37.4 Å². The van der Waals surface area contributed by atoms with Crippen molar-refractivity contribution in [2.45, 2.75) is 50.6 Å². The van der Waals surface area contributed by atoms with Crippen molar-refractivity contribution in [2.24, 2.45) is 0 Å². The molecule has 0 bridgehead atoms. The summed E-state index contributed by atoms with van der Waals surface area (Å²) in [5.74, 6) is 0. The number of hydrogen-bond acceptors (Lipinski definition) is 3. The van der Waals surface area contributed by atoms with E-state index < -0.39 is 0 Å². The SMILES string of the molecule is CC(c1ccccn1)N1CCNC2(CCCCC2)C1. The Morgan fingerprint density at radius 2 is 2.11 bits per heavy atom. The molecule has 1 N–H and O–H groups in total. The lowest BCUT2D eigenvalue weighted by atomic mass is 9.80. The number of hydrogen-bond donors (Lipinski definition) is 1. The number of nitrogens with zero attached hydrogens (tertiary/aromatic N) is 2. The van der Waals surface area contributed by atoms with Gasteiger partial charge in [-0.2, -0.15) is 0 Å². The van der Waals surface area contributed by atoms with E-state index in [1.165, 1.54) is 44.3 Å². The topological polar surface area (TPSA) is 28.2 Å². The summed E-state index contributed by atoms with van der Waals surface area (Å²) >= 11 is 0. The molecule has 1 aliphatic carbocycles. The third-order valence-electron chi connectivity index (χ3n) is 4.88. The molecule has 2 heterocycles. The molecule has 0 amide bonds. The van der Waals surface area contributed by atoms with E-state index in [1.807, 2.05) is 12.3 Å². The maximum absolute atomic E-state index is 4.53. The first-order valence-corrected chi connectivity index (χ1v) is 7.69. The lowest BCUT2D eigenvalue weighted by Crippen LogP contribution is -2.61. The summed E-state index contributed by atoms with van der Waals surface area (Å²) in [6.07, 6.45) is 8.79. The van der Waals surface area contributed by atoms with Crippen LogP contribution in [-0.2, 0) is 0 Å². The Bertz CT molecular complexity index is 392. The second-order valence-electron chi connectivity index (χ2n) is 6.17. The summed E-state index contributed by atoms with van der Waals surface area (Å²) in [5.41, 5.74) is 1.59. The van der Waals surface area contributed by atoms with E-state index in [-0.39, 0.29) is 0 Å². The summed E-state index contributed by atoms with van der Waals surface area (Å²) in [6.45, 7) is 5.74. The molecular weight excluding hydrogens is 234 g/mol. The molecule has 1 aromatic heterocycles. The molecule has 3 nitrogen and oxygen atoms in total. The molecule has 104 valence electrons. The van der Waals surface area contributed by atoms with Gasteiger partial charge in [0.15, 0.2) is 0 Å². The minimum Gasteiger partial charge on any atom is -0.309 e. The Balaban J connectivity index is 1.71. The second-order valence-corrected chi connectivity index (χ2v) is 6.17. The van der Waals surface area contributed by atoms with Gasteiger partial charge in [-0.05, 0) is 31.9 Å². The van der Waals surface area contributed by atoms with E-state index in [0.717, 1.165) is 13.1 Å². The predicted octanol–water partition coefficient (Wildman–Crippen LogP) is 2.75. The molecule has 19 heavy (non-hydrogen) atoms. The normalized spacial score (nSPS) is 25.3. The highest BCUT2D eigenvalue weighted by atomic mass is 15.2. The first-order valence-electron chi connectivity index (χ1n) is 7.69. The van der Waals surface area contributed by atoms with E-state index in [0.29, 0.717) is 11.6 Å². The quantitative estimate of drug-likeness (QED) is 0.885. The number of rotatable bonds is 2. The molecule has 1 saturated heterocycles. The zero-order valence-corrected chi connectivity index (χ0v) is 11.9. The first-order chi connectivity index (χ1) is 9.29. The monoisotopic (exact) mass is 259 g/mol. The van der Waals surface area contributed by atoms with Crippen LogP contribution in [0.5, 0.6) is 0 Å². The Hall–Kier alpha value is -0.930. The van der Waals surface area contributed by atoms with Crippen LogP contribution in [0.25, 0.3) is 0 Å². The van der Waals surface area contributed by atoms with Crippen molar-refractivity contribution in [3.63, 3.8) is 0 Å². The van der Waals surface area contributed by atoms with E-state index in [4.69, 9.17) is 0 Å². The minimum absolute atomic E-state index is 0.388. The van der Waals surface area contributed by atoms with Crippen LogP contribution < -0.4 is 5.32 Å². The van der Waals surface area contributed by atoms with E-state index in [9.17, 15) is 0 Å². The molecule has 1 saturated carbocycles. The van der Waals surface area contributed by atoms with Crippen molar-refractivity contribution in [1.29, 1.82) is 0 Å². The van der Waals surface area contributed by atoms with Crippen LogP contribution >= 0.6 is 0 Å². The van der Waals surface area contributed by atoms with Crippen LogP contribution in [0.15, 0.2) is 24.4 Å². The Labute approximate surface area is 116 Å². The van der Waals surface area contributed by atoms with Crippen molar-refractivity contribution < 1.29 is 0 Å². The fourth-order valence-electron chi connectivity index (χ4n) is 3.69. The van der Waals surface area contributed by atoms with Crippen molar-refractivity contribution in [1.82, 2.24) is 15.2 Å². The second kappa shape index (κ2) is 5.59. The molecule has 1 spiro atoms. The third kappa shape index (κ3) is 2.82. The molecule has 1 aliphatic heterocycles. The standard InChI is InChI=1S/C16H25N3/c1-14(15-7-3-6-10-17-15)19-12-11-18-16(13-19)8-4-2-5-9-16/h3,6-7,10,14,18H,2,4-5,8-9,11-13H2,1H3. The van der Waals surface area contributed by atoms with Gasteiger partial charge in [0.1, 0.15) is 0 Å². The van der Waals surface area contributed by atoms with Gasteiger partial charge in [0.2, 0.25) is 0 Å². The molecular formula is C16H25N3. The summed E-state index contributed by atoms with van der Waals surface area (Å²) < 4.78 is 0. The van der Waals surface area contributed by atoms with Crippen molar-refractivity contribution in [3.05, 3.63) is 30.1 Å². The van der Waals surface area contributed by atoms with Crippen LogP contribution in [-0.4, -0.2) is 35.1 Å². The highest BCUT2D eigenvalue weighted by Gasteiger charge is 2.37. The van der Waals surface area contributed by atoms with Crippen molar-refractivity contribution >= 4 is 0 Å². The van der Waals surface area contributed by atoms with E-state index in [1.54, 1.807) is 0 Å². The number of piperazine rings is 1. The minimum atomic E-state index is 0.388. The van der Waals surface area contributed by atoms with Crippen LogP contribution in [0.1, 0.15) is 50.8 Å². The van der Waals surface area contributed by atoms with Gasteiger partial charge in [0.05, 0.1) is 5.69 Å². The maximum atomic E-state index is 4.53. The largest absolute Gasteiger partial charge is 0.309 e. The molecule has 0 radical (unpaired) electrons. The smallest absolute Gasteiger partial charge is 0.0572 e. The Morgan fingerprint density at radius 3 is 2.84 bits per heavy atom. The highest BCUT2D eigenvalue weighted by molar-refractivity contribution is 5.09. The molecule has 2 fully saturated rings. The van der Waals surface area contributed by atoms with Gasteiger partial charge in [0.25, 0.3) is 0 Å². The maximum Gasteiger partial charge on any atom is 0.0572 e. The Kier molecular flexibility index (Phi) is 3.85. The summed E-state index contributed by atoms with van der Waals surface area (Å²) in [7, 11) is 0. The summed E-state index contributed by atoms with van der Waals surface area (Å²) in [6, 6.07) is 6.68. The first kappa shape index (κ1) is 13.1. The van der Waals surface area contributed by atoms with Gasteiger partial charge in [-0.1, -0.05) is 25.3 Å². The average molecular weight is 259 g/mol. The number of aromatic nitrogens is 1. The fraction of sp³-hybridized carbons (Fsp3) is 0.688. The van der Waals surface area contributed by atoms with Gasteiger partial charge in [-0.3, -0.25) is 9.88 Å². The van der Waals surface area contributed by atoms with Crippen LogP contribution in [0.2, 0.25) is 0 Å². The van der Waals surface area contributed by atoms with Crippen LogP contribution in [0.3, 0.4) is 0 Å². The molecule has 1 atom stereocenters. The molecule has 2 aliphatic rings. The van der Waals surface area contributed by atoms with Crippen molar-refractivity contribution in [2.75, 3.05) is 19.6 Å². The number of pyridine rings is 1. The summed E-state index contributed by atoms with van der Waals surface area (Å²) in [5, 5.41) is 3.81. The zero-order chi connectivity index (χ0) is 13.1. The molecule has 1 unspecified atom stereocenters. The molecule has 3 rings (SSSR count). The zero-order valence-electron chi connectivity index (χ0n) is 11.9. The molecule has 0 aromatic carbocycles. The summed E-state index contributed by atoms with van der Waals surface area (Å²) in [4.78, 5) is 7.14. The molecule has 1 aromatic rings. The molecule has 3 heteroatoms. The van der Waals surface area contributed by atoms with E-state index >= 15 is 0 Å². The van der Waals surface area contributed by atoms with Gasteiger partial charge in [-0.15, -0.1) is 0 Å². The van der Waals surface area contributed by atoms with E-state index in [2.05, 4.69) is 34.3 Å². The van der Waals surface area contributed by atoms with Gasteiger partial charge >= 0.3 is 0 Å². The average Bonchev–Trinajstić information content (AvgIpc) is 2.48. The lowest BCUT2D eigenvalue weighted by molar-refractivity contribution is 0.0717. The van der Waals surface area contributed by atoms with Gasteiger partial charge in [-0.25, -0.2) is 0 Å². The number of nitrogens with one attached hydrogen (secondary N) is 1. The lowest BCUT2D eigenvalue weighted by Gasteiger charge is -2.47. The fourth-order valence-corrected chi connectivity index (χ4v) is 3.69. The van der Waals surface area contributed by atoms with Gasteiger partial charge < -0.3 is 5.32 Å². The predicted molar refractivity (Wildman–Crippen MR) is 78.0 cm³/mol. The Morgan fingerprint density at radius 1 is 1.26 bits per heavy atom. The van der Waals surface area contributed by atoms with Crippen LogP contribution in [0, 0.1) is 0 Å². The van der Waals surface area contributed by atoms with Crippen LogP contribution in [0.4, 0.5) is 0 Å².